The van der Waals surface area contributed by atoms with Crippen LogP contribution in [0.2, 0.25) is 5.02 Å². The van der Waals surface area contributed by atoms with Crippen LogP contribution in [0, 0.1) is 11.7 Å². The highest BCUT2D eigenvalue weighted by Crippen LogP contribution is 2.25. The molecule has 0 bridgehead atoms. The molecule has 7 heteroatoms. The van der Waals surface area contributed by atoms with Gasteiger partial charge in [-0.25, -0.2) is 4.39 Å². The number of halogens is 2. The molecule has 0 aromatic heterocycles. The monoisotopic (exact) mass is 444 g/mol. The molecule has 1 atom stereocenters. The zero-order valence-corrected chi connectivity index (χ0v) is 18.1. The maximum atomic E-state index is 14.1. The van der Waals surface area contributed by atoms with Crippen LogP contribution in [0.4, 0.5) is 4.39 Å². The van der Waals surface area contributed by atoms with Gasteiger partial charge in [0.2, 0.25) is 0 Å². The van der Waals surface area contributed by atoms with E-state index in [1.807, 2.05) is 17.0 Å². The van der Waals surface area contributed by atoms with E-state index in [9.17, 15) is 14.0 Å². The number of hydrogen-bond donors (Lipinski definition) is 0. The SMILES string of the molecule is O=C(c1ccc(OC[C@H]2CCCN(C(=O)c3c(F)cccc3Cl)C2)cc1)N1CCCC1. The summed E-state index contributed by atoms with van der Waals surface area (Å²) in [5, 5.41) is 0.131. The van der Waals surface area contributed by atoms with Crippen LogP contribution in [-0.2, 0) is 0 Å². The van der Waals surface area contributed by atoms with Gasteiger partial charge >= 0.3 is 0 Å². The van der Waals surface area contributed by atoms with Crippen molar-refractivity contribution < 1.29 is 18.7 Å². The smallest absolute Gasteiger partial charge is 0.258 e. The number of hydrogen-bond acceptors (Lipinski definition) is 3. The molecule has 2 fully saturated rings. The van der Waals surface area contributed by atoms with Crippen molar-refractivity contribution in [3.05, 3.63) is 64.4 Å². The zero-order chi connectivity index (χ0) is 21.8. The lowest BCUT2D eigenvalue weighted by molar-refractivity contribution is 0.0629. The lowest BCUT2D eigenvalue weighted by Gasteiger charge is -2.33. The Morgan fingerprint density at radius 2 is 1.68 bits per heavy atom. The van der Waals surface area contributed by atoms with E-state index in [4.69, 9.17) is 16.3 Å². The highest BCUT2D eigenvalue weighted by molar-refractivity contribution is 6.33. The van der Waals surface area contributed by atoms with Gasteiger partial charge in [-0.05, 0) is 62.1 Å². The Morgan fingerprint density at radius 1 is 0.968 bits per heavy atom. The molecule has 2 heterocycles. The number of nitrogens with zero attached hydrogens (tertiary/aromatic N) is 2. The standard InChI is InChI=1S/C24H26ClFN2O3/c25-20-6-3-7-21(26)22(20)24(30)28-14-4-5-17(15-28)16-31-19-10-8-18(9-11-19)23(29)27-12-1-2-13-27/h3,6-11,17H,1-2,4-5,12-16H2/t17-/m0/s1. The molecule has 2 aromatic carbocycles. The van der Waals surface area contributed by atoms with Crippen LogP contribution < -0.4 is 4.74 Å². The summed E-state index contributed by atoms with van der Waals surface area (Å²) in [5.74, 6) is -0.0676. The van der Waals surface area contributed by atoms with Crippen molar-refractivity contribution in [3.8, 4) is 5.75 Å². The van der Waals surface area contributed by atoms with Gasteiger partial charge in [0.25, 0.3) is 11.8 Å². The van der Waals surface area contributed by atoms with Crippen molar-refractivity contribution in [2.45, 2.75) is 25.7 Å². The molecule has 2 aliphatic rings. The predicted octanol–water partition coefficient (Wildman–Crippen LogP) is 4.65. The Bertz CT molecular complexity index is 924. The van der Waals surface area contributed by atoms with E-state index in [1.165, 1.54) is 18.2 Å². The first-order valence-electron chi connectivity index (χ1n) is 10.8. The highest BCUT2D eigenvalue weighted by atomic mass is 35.5. The van der Waals surface area contributed by atoms with E-state index >= 15 is 0 Å². The fourth-order valence-corrected chi connectivity index (χ4v) is 4.50. The Kier molecular flexibility index (Phi) is 6.76. The summed E-state index contributed by atoms with van der Waals surface area (Å²) in [6.07, 6.45) is 3.89. The molecule has 0 aliphatic carbocycles. The van der Waals surface area contributed by atoms with Crippen LogP contribution in [0.5, 0.6) is 5.75 Å². The van der Waals surface area contributed by atoms with Gasteiger partial charge in [0.1, 0.15) is 11.6 Å². The van der Waals surface area contributed by atoms with E-state index in [0.717, 1.165) is 38.8 Å². The highest BCUT2D eigenvalue weighted by Gasteiger charge is 2.28. The molecule has 164 valence electrons. The quantitative estimate of drug-likeness (QED) is 0.674. The molecule has 31 heavy (non-hydrogen) atoms. The Labute approximate surface area is 186 Å². The largest absolute Gasteiger partial charge is 0.493 e. The molecular weight excluding hydrogens is 419 g/mol. The van der Waals surface area contributed by atoms with Crippen molar-refractivity contribution >= 4 is 23.4 Å². The maximum Gasteiger partial charge on any atom is 0.258 e. The second-order valence-corrected chi connectivity index (χ2v) is 8.60. The number of piperidine rings is 1. The van der Waals surface area contributed by atoms with Gasteiger partial charge in [0, 0.05) is 37.7 Å². The molecule has 0 N–H and O–H groups in total. The minimum atomic E-state index is -0.598. The van der Waals surface area contributed by atoms with Gasteiger partial charge in [-0.2, -0.15) is 0 Å². The molecule has 4 rings (SSSR count). The van der Waals surface area contributed by atoms with E-state index in [0.29, 0.717) is 31.0 Å². The third-order valence-electron chi connectivity index (χ3n) is 5.96. The average Bonchev–Trinajstić information content (AvgIpc) is 3.32. The van der Waals surface area contributed by atoms with E-state index in [1.54, 1.807) is 17.0 Å². The normalized spacial score (nSPS) is 18.8. The van der Waals surface area contributed by atoms with Gasteiger partial charge < -0.3 is 14.5 Å². The molecule has 2 saturated heterocycles. The van der Waals surface area contributed by atoms with Crippen LogP contribution in [-0.4, -0.2) is 54.4 Å². The average molecular weight is 445 g/mol. The van der Waals surface area contributed by atoms with Crippen molar-refractivity contribution in [3.63, 3.8) is 0 Å². The Hall–Kier alpha value is -2.60. The molecule has 5 nitrogen and oxygen atoms in total. The maximum absolute atomic E-state index is 14.1. The Balaban J connectivity index is 1.32. The van der Waals surface area contributed by atoms with Crippen LogP contribution in [0.25, 0.3) is 0 Å². The fourth-order valence-electron chi connectivity index (χ4n) is 4.26. The third-order valence-corrected chi connectivity index (χ3v) is 6.28. The number of carbonyl (C=O) groups is 2. The number of ether oxygens (including phenoxy) is 1. The summed E-state index contributed by atoms with van der Waals surface area (Å²) in [6, 6.07) is 11.5. The van der Waals surface area contributed by atoms with Crippen LogP contribution in [0.15, 0.2) is 42.5 Å². The van der Waals surface area contributed by atoms with Crippen molar-refractivity contribution in [2.75, 3.05) is 32.8 Å². The molecular formula is C24H26ClFN2O3. The van der Waals surface area contributed by atoms with Crippen molar-refractivity contribution in [1.29, 1.82) is 0 Å². The molecule has 0 saturated carbocycles. The van der Waals surface area contributed by atoms with Crippen LogP contribution in [0.1, 0.15) is 46.4 Å². The molecule has 0 unspecified atom stereocenters. The van der Waals surface area contributed by atoms with Gasteiger partial charge in [-0.3, -0.25) is 9.59 Å². The number of likely N-dealkylation sites (tertiary alicyclic amines) is 2. The van der Waals surface area contributed by atoms with E-state index < -0.39 is 5.82 Å². The summed E-state index contributed by atoms with van der Waals surface area (Å²) < 4.78 is 20.1. The Morgan fingerprint density at radius 3 is 2.39 bits per heavy atom. The summed E-state index contributed by atoms with van der Waals surface area (Å²) in [4.78, 5) is 28.8. The summed E-state index contributed by atoms with van der Waals surface area (Å²) in [5.41, 5.74) is 0.606. The number of carbonyl (C=O) groups excluding carboxylic acids is 2. The summed E-state index contributed by atoms with van der Waals surface area (Å²) in [7, 11) is 0. The fraction of sp³-hybridized carbons (Fsp3) is 0.417. The lowest BCUT2D eigenvalue weighted by Crippen LogP contribution is -2.42. The molecule has 2 amide bonds. The molecule has 0 radical (unpaired) electrons. The van der Waals surface area contributed by atoms with E-state index in [2.05, 4.69) is 0 Å². The lowest BCUT2D eigenvalue weighted by atomic mass is 9.98. The van der Waals surface area contributed by atoms with Crippen LogP contribution >= 0.6 is 11.6 Å². The first-order valence-corrected chi connectivity index (χ1v) is 11.2. The van der Waals surface area contributed by atoms with Crippen molar-refractivity contribution in [2.24, 2.45) is 5.92 Å². The van der Waals surface area contributed by atoms with Gasteiger partial charge in [0.15, 0.2) is 0 Å². The minimum Gasteiger partial charge on any atom is -0.493 e. The van der Waals surface area contributed by atoms with E-state index in [-0.39, 0.29) is 28.3 Å². The minimum absolute atomic E-state index is 0.0657. The van der Waals surface area contributed by atoms with Gasteiger partial charge in [-0.1, -0.05) is 17.7 Å². The van der Waals surface area contributed by atoms with Gasteiger partial charge in [0.05, 0.1) is 17.2 Å². The molecule has 2 aromatic rings. The first kappa shape index (κ1) is 21.6. The third kappa shape index (κ3) is 5.01. The second kappa shape index (κ2) is 9.69. The first-order chi connectivity index (χ1) is 15.0. The number of rotatable bonds is 5. The number of benzene rings is 2. The number of amides is 2. The summed E-state index contributed by atoms with van der Waals surface area (Å²) >= 11 is 6.06. The second-order valence-electron chi connectivity index (χ2n) is 8.19. The predicted molar refractivity (Wildman–Crippen MR) is 117 cm³/mol. The molecule has 0 spiro atoms. The van der Waals surface area contributed by atoms with Crippen LogP contribution in [0.3, 0.4) is 0 Å². The topological polar surface area (TPSA) is 49.9 Å². The van der Waals surface area contributed by atoms with Crippen molar-refractivity contribution in [1.82, 2.24) is 9.80 Å². The molecule has 2 aliphatic heterocycles. The van der Waals surface area contributed by atoms with Gasteiger partial charge in [-0.15, -0.1) is 0 Å². The zero-order valence-electron chi connectivity index (χ0n) is 17.4. The summed E-state index contributed by atoms with van der Waals surface area (Å²) in [6.45, 7) is 3.18.